The van der Waals surface area contributed by atoms with Crippen molar-refractivity contribution in [2.24, 2.45) is 10.7 Å². The van der Waals surface area contributed by atoms with Crippen LogP contribution in [0.4, 0.5) is 4.39 Å². The summed E-state index contributed by atoms with van der Waals surface area (Å²) >= 11 is 0. The van der Waals surface area contributed by atoms with Gasteiger partial charge in [-0.3, -0.25) is 4.99 Å². The third-order valence-electron chi connectivity index (χ3n) is 2.04. The zero-order chi connectivity index (χ0) is 11.3. The molecule has 1 atom stereocenters. The number of nitrogens with one attached hydrogen (secondary N) is 1. The van der Waals surface area contributed by atoms with Gasteiger partial charge in [-0.25, -0.2) is 4.39 Å². The Hall–Kier alpha value is -1.58. The molecule has 0 fully saturated rings. The van der Waals surface area contributed by atoms with Gasteiger partial charge in [-0.15, -0.1) is 0 Å². The molecule has 0 spiro atoms. The zero-order valence-electron chi connectivity index (χ0n) is 9.00. The SMILES string of the molecule is CCN=C(N)NC(C)c1cccc(F)c1. The average Bonchev–Trinajstić information content (AvgIpc) is 2.18. The number of hydrogen-bond acceptors (Lipinski definition) is 1. The summed E-state index contributed by atoms with van der Waals surface area (Å²) in [5.41, 5.74) is 6.46. The Kier molecular flexibility index (Phi) is 4.09. The fourth-order valence-electron chi connectivity index (χ4n) is 1.30. The van der Waals surface area contributed by atoms with E-state index in [1.54, 1.807) is 6.07 Å². The molecule has 0 saturated heterocycles. The maximum atomic E-state index is 12.9. The van der Waals surface area contributed by atoms with Gasteiger partial charge in [0.15, 0.2) is 5.96 Å². The smallest absolute Gasteiger partial charge is 0.189 e. The van der Waals surface area contributed by atoms with Gasteiger partial charge in [-0.05, 0) is 31.5 Å². The van der Waals surface area contributed by atoms with Crippen LogP contribution < -0.4 is 11.1 Å². The van der Waals surface area contributed by atoms with Gasteiger partial charge < -0.3 is 11.1 Å². The highest BCUT2D eigenvalue weighted by Gasteiger charge is 2.06. The first-order valence-corrected chi connectivity index (χ1v) is 4.95. The van der Waals surface area contributed by atoms with Crippen molar-refractivity contribution in [2.75, 3.05) is 6.54 Å². The highest BCUT2D eigenvalue weighted by Crippen LogP contribution is 2.12. The lowest BCUT2D eigenvalue weighted by Crippen LogP contribution is -2.33. The minimum Gasteiger partial charge on any atom is -0.370 e. The van der Waals surface area contributed by atoms with Crippen LogP contribution in [0.1, 0.15) is 25.5 Å². The van der Waals surface area contributed by atoms with Crippen LogP contribution in [-0.2, 0) is 0 Å². The van der Waals surface area contributed by atoms with E-state index in [4.69, 9.17) is 5.73 Å². The van der Waals surface area contributed by atoms with Crippen molar-refractivity contribution in [3.05, 3.63) is 35.6 Å². The summed E-state index contributed by atoms with van der Waals surface area (Å²) in [6, 6.07) is 6.38. The van der Waals surface area contributed by atoms with Crippen LogP contribution in [-0.4, -0.2) is 12.5 Å². The molecular weight excluding hydrogens is 193 g/mol. The van der Waals surface area contributed by atoms with Crippen LogP contribution in [0, 0.1) is 5.82 Å². The Morgan fingerprint density at radius 1 is 1.60 bits per heavy atom. The van der Waals surface area contributed by atoms with E-state index in [0.29, 0.717) is 12.5 Å². The summed E-state index contributed by atoms with van der Waals surface area (Å²) in [4.78, 5) is 4.00. The monoisotopic (exact) mass is 209 g/mol. The Bertz CT molecular complexity index is 349. The molecule has 0 aliphatic rings. The predicted octanol–water partition coefficient (Wildman–Crippen LogP) is 1.81. The Labute approximate surface area is 89.2 Å². The first-order chi connectivity index (χ1) is 7.13. The molecule has 0 heterocycles. The van der Waals surface area contributed by atoms with Gasteiger partial charge in [0, 0.05) is 6.54 Å². The number of nitrogens with zero attached hydrogens (tertiary/aromatic N) is 1. The van der Waals surface area contributed by atoms with Crippen molar-refractivity contribution in [3.63, 3.8) is 0 Å². The molecule has 1 unspecified atom stereocenters. The van der Waals surface area contributed by atoms with E-state index in [-0.39, 0.29) is 11.9 Å². The van der Waals surface area contributed by atoms with Crippen LogP contribution >= 0.6 is 0 Å². The number of halogens is 1. The molecule has 1 rings (SSSR count). The summed E-state index contributed by atoms with van der Waals surface area (Å²) in [6.45, 7) is 4.45. The molecule has 0 aliphatic carbocycles. The first kappa shape index (κ1) is 11.5. The summed E-state index contributed by atoms with van der Waals surface area (Å²) in [5.74, 6) is 0.140. The molecule has 15 heavy (non-hydrogen) atoms. The summed E-state index contributed by atoms with van der Waals surface area (Å²) < 4.78 is 12.9. The number of aliphatic imine (C=N–C) groups is 1. The molecule has 1 aromatic carbocycles. The van der Waals surface area contributed by atoms with E-state index in [1.807, 2.05) is 19.9 Å². The highest BCUT2D eigenvalue weighted by molar-refractivity contribution is 5.78. The van der Waals surface area contributed by atoms with E-state index in [2.05, 4.69) is 10.3 Å². The number of hydrogen-bond donors (Lipinski definition) is 2. The van der Waals surface area contributed by atoms with Gasteiger partial charge in [-0.1, -0.05) is 12.1 Å². The molecule has 82 valence electrons. The lowest BCUT2D eigenvalue weighted by molar-refractivity contribution is 0.617. The average molecular weight is 209 g/mol. The Morgan fingerprint density at radius 2 is 2.33 bits per heavy atom. The second kappa shape index (κ2) is 5.34. The van der Waals surface area contributed by atoms with E-state index < -0.39 is 0 Å². The van der Waals surface area contributed by atoms with E-state index in [9.17, 15) is 4.39 Å². The van der Waals surface area contributed by atoms with Crippen molar-refractivity contribution < 1.29 is 4.39 Å². The van der Waals surface area contributed by atoms with Gasteiger partial charge in [0.1, 0.15) is 5.82 Å². The molecule has 4 heteroatoms. The van der Waals surface area contributed by atoms with Crippen LogP contribution in [0.3, 0.4) is 0 Å². The van der Waals surface area contributed by atoms with Crippen LogP contribution in [0.5, 0.6) is 0 Å². The molecule has 0 saturated carbocycles. The second-order valence-electron chi connectivity index (χ2n) is 3.28. The minimum absolute atomic E-state index is 0.0454. The van der Waals surface area contributed by atoms with Crippen LogP contribution in [0.25, 0.3) is 0 Å². The van der Waals surface area contributed by atoms with Crippen LogP contribution in [0.2, 0.25) is 0 Å². The number of nitrogens with two attached hydrogens (primary N) is 1. The molecule has 1 aromatic rings. The highest BCUT2D eigenvalue weighted by atomic mass is 19.1. The third-order valence-corrected chi connectivity index (χ3v) is 2.04. The normalized spacial score (nSPS) is 13.7. The second-order valence-corrected chi connectivity index (χ2v) is 3.28. The molecule has 3 N–H and O–H groups in total. The number of guanidine groups is 1. The van der Waals surface area contributed by atoms with E-state index in [1.165, 1.54) is 12.1 Å². The molecule has 0 aromatic heterocycles. The van der Waals surface area contributed by atoms with Crippen molar-refractivity contribution in [1.29, 1.82) is 0 Å². The van der Waals surface area contributed by atoms with Gasteiger partial charge >= 0.3 is 0 Å². The van der Waals surface area contributed by atoms with Crippen molar-refractivity contribution in [1.82, 2.24) is 5.32 Å². The molecule has 0 amide bonds. The quantitative estimate of drug-likeness (QED) is 0.589. The minimum atomic E-state index is -0.243. The Balaban J connectivity index is 2.69. The third kappa shape index (κ3) is 3.58. The van der Waals surface area contributed by atoms with Gasteiger partial charge in [0.05, 0.1) is 6.04 Å². The van der Waals surface area contributed by atoms with Crippen molar-refractivity contribution >= 4 is 5.96 Å². The standard InChI is InChI=1S/C11H16FN3/c1-3-14-11(13)15-8(2)9-5-4-6-10(12)7-9/h4-8H,3H2,1-2H3,(H3,13,14,15). The summed E-state index contributed by atoms with van der Waals surface area (Å²) in [6.07, 6.45) is 0. The van der Waals surface area contributed by atoms with Crippen molar-refractivity contribution in [3.8, 4) is 0 Å². The zero-order valence-corrected chi connectivity index (χ0v) is 9.00. The molecule has 0 aliphatic heterocycles. The maximum Gasteiger partial charge on any atom is 0.189 e. The molecule has 0 bridgehead atoms. The largest absolute Gasteiger partial charge is 0.370 e. The predicted molar refractivity (Wildman–Crippen MR) is 60.1 cm³/mol. The van der Waals surface area contributed by atoms with Gasteiger partial charge in [0.25, 0.3) is 0 Å². The van der Waals surface area contributed by atoms with Gasteiger partial charge in [-0.2, -0.15) is 0 Å². The fourth-order valence-corrected chi connectivity index (χ4v) is 1.30. The lowest BCUT2D eigenvalue weighted by Gasteiger charge is -2.14. The van der Waals surface area contributed by atoms with Gasteiger partial charge in [0.2, 0.25) is 0 Å². The molecule has 3 nitrogen and oxygen atoms in total. The number of benzene rings is 1. The van der Waals surface area contributed by atoms with E-state index >= 15 is 0 Å². The summed E-state index contributed by atoms with van der Waals surface area (Å²) in [5, 5.41) is 2.99. The summed E-state index contributed by atoms with van der Waals surface area (Å²) in [7, 11) is 0. The first-order valence-electron chi connectivity index (χ1n) is 4.95. The van der Waals surface area contributed by atoms with E-state index in [0.717, 1.165) is 5.56 Å². The molecule has 0 radical (unpaired) electrons. The Morgan fingerprint density at radius 3 is 2.93 bits per heavy atom. The van der Waals surface area contributed by atoms with Crippen molar-refractivity contribution in [2.45, 2.75) is 19.9 Å². The topological polar surface area (TPSA) is 50.4 Å². The maximum absolute atomic E-state index is 12.9. The van der Waals surface area contributed by atoms with Crippen LogP contribution in [0.15, 0.2) is 29.3 Å². The fraction of sp³-hybridized carbons (Fsp3) is 0.364. The lowest BCUT2D eigenvalue weighted by atomic mass is 10.1. The number of rotatable bonds is 3. The molecular formula is C11H16FN3.